The first-order valence-corrected chi connectivity index (χ1v) is 7.69. The zero-order valence-electron chi connectivity index (χ0n) is 11.9. The molecule has 0 saturated carbocycles. The highest BCUT2D eigenvalue weighted by Crippen LogP contribution is 2.23. The van der Waals surface area contributed by atoms with Gasteiger partial charge in [0.2, 0.25) is 15.9 Å². The van der Waals surface area contributed by atoms with Crippen LogP contribution in [0, 0.1) is 6.92 Å². The van der Waals surface area contributed by atoms with Crippen LogP contribution in [0.5, 0.6) is 5.75 Å². The summed E-state index contributed by atoms with van der Waals surface area (Å²) in [6.45, 7) is 1.93. The summed E-state index contributed by atoms with van der Waals surface area (Å²) in [5.74, 6) is -0.173. The average molecular weight is 300 g/mol. The largest absolute Gasteiger partial charge is 0.508 e. The molecular weight excluding hydrogens is 280 g/mol. The Morgan fingerprint density at radius 3 is 2.60 bits per heavy atom. The van der Waals surface area contributed by atoms with Crippen molar-refractivity contribution in [1.29, 1.82) is 0 Å². The van der Waals surface area contributed by atoms with Gasteiger partial charge in [0.1, 0.15) is 5.75 Å². The number of amides is 1. The molecule has 0 aromatic heterocycles. The monoisotopic (exact) mass is 300 g/mol. The van der Waals surface area contributed by atoms with Crippen molar-refractivity contribution >= 4 is 15.9 Å². The number of carbonyl (C=O) groups is 1. The molecular formula is C13H20N2O4S. The van der Waals surface area contributed by atoms with Gasteiger partial charge in [0.15, 0.2) is 0 Å². The Hall–Kier alpha value is -1.60. The first-order chi connectivity index (χ1) is 9.28. The first kappa shape index (κ1) is 16.5. The van der Waals surface area contributed by atoms with Crippen LogP contribution in [0.2, 0.25) is 0 Å². The summed E-state index contributed by atoms with van der Waals surface area (Å²) >= 11 is 0. The second kappa shape index (κ2) is 6.71. The zero-order valence-corrected chi connectivity index (χ0v) is 12.7. The van der Waals surface area contributed by atoms with E-state index in [2.05, 4.69) is 5.32 Å². The third-order valence-electron chi connectivity index (χ3n) is 3.04. The highest BCUT2D eigenvalue weighted by Gasteiger charge is 2.21. The number of rotatable bonds is 6. The second-order valence-electron chi connectivity index (χ2n) is 4.55. The molecule has 112 valence electrons. The molecule has 1 amide bonds. The third kappa shape index (κ3) is 3.94. The van der Waals surface area contributed by atoms with Crippen LogP contribution in [0.4, 0.5) is 0 Å². The quantitative estimate of drug-likeness (QED) is 0.815. The fraction of sp³-hybridized carbons (Fsp3) is 0.462. The Labute approximate surface area is 119 Å². The Bertz CT molecular complexity index is 584. The topological polar surface area (TPSA) is 86.7 Å². The van der Waals surface area contributed by atoms with Gasteiger partial charge in [0.05, 0.1) is 4.90 Å². The van der Waals surface area contributed by atoms with E-state index in [1.807, 2.05) is 0 Å². The minimum absolute atomic E-state index is 0.0445. The SMILES string of the molecule is CNC(=O)CCCN(C)S(=O)(=O)c1ccc(C)c(O)c1. The van der Waals surface area contributed by atoms with E-state index < -0.39 is 10.0 Å². The fourth-order valence-corrected chi connectivity index (χ4v) is 2.87. The van der Waals surface area contributed by atoms with Crippen molar-refractivity contribution in [1.82, 2.24) is 9.62 Å². The normalized spacial score (nSPS) is 11.6. The predicted octanol–water partition coefficient (Wildman–Crippen LogP) is 0.847. The van der Waals surface area contributed by atoms with Crippen molar-refractivity contribution in [3.05, 3.63) is 23.8 Å². The number of nitrogens with one attached hydrogen (secondary N) is 1. The number of carbonyl (C=O) groups excluding carboxylic acids is 1. The van der Waals surface area contributed by atoms with Gasteiger partial charge in [0, 0.05) is 33.1 Å². The molecule has 0 spiro atoms. The van der Waals surface area contributed by atoms with E-state index in [0.717, 1.165) is 0 Å². The molecule has 2 N–H and O–H groups in total. The molecule has 0 heterocycles. The molecule has 0 aliphatic rings. The highest BCUT2D eigenvalue weighted by atomic mass is 32.2. The van der Waals surface area contributed by atoms with Crippen LogP contribution in [0.3, 0.4) is 0 Å². The lowest BCUT2D eigenvalue weighted by Crippen LogP contribution is -2.29. The van der Waals surface area contributed by atoms with Crippen LogP contribution >= 0.6 is 0 Å². The lowest BCUT2D eigenvalue weighted by molar-refractivity contribution is -0.120. The molecule has 1 aromatic carbocycles. The van der Waals surface area contributed by atoms with Crippen LogP contribution in [0.25, 0.3) is 0 Å². The number of hydrogen-bond donors (Lipinski definition) is 2. The lowest BCUT2D eigenvalue weighted by Gasteiger charge is -2.17. The number of phenolic OH excluding ortho intramolecular Hbond substituents is 1. The summed E-state index contributed by atoms with van der Waals surface area (Å²) in [5.41, 5.74) is 0.617. The minimum Gasteiger partial charge on any atom is -0.508 e. The third-order valence-corrected chi connectivity index (χ3v) is 4.90. The molecule has 6 nitrogen and oxygen atoms in total. The summed E-state index contributed by atoms with van der Waals surface area (Å²) in [6.07, 6.45) is 0.711. The van der Waals surface area contributed by atoms with Gasteiger partial charge in [-0.3, -0.25) is 4.79 Å². The van der Waals surface area contributed by atoms with Gasteiger partial charge in [-0.2, -0.15) is 0 Å². The van der Waals surface area contributed by atoms with E-state index >= 15 is 0 Å². The molecule has 20 heavy (non-hydrogen) atoms. The molecule has 0 aliphatic carbocycles. The Balaban J connectivity index is 2.77. The van der Waals surface area contributed by atoms with Crippen LogP contribution < -0.4 is 5.32 Å². The smallest absolute Gasteiger partial charge is 0.242 e. The Morgan fingerprint density at radius 1 is 1.40 bits per heavy atom. The van der Waals surface area contributed by atoms with E-state index in [-0.39, 0.29) is 29.5 Å². The maximum Gasteiger partial charge on any atom is 0.242 e. The second-order valence-corrected chi connectivity index (χ2v) is 6.60. The van der Waals surface area contributed by atoms with Gasteiger partial charge < -0.3 is 10.4 Å². The molecule has 0 unspecified atom stereocenters. The van der Waals surface area contributed by atoms with Crippen LogP contribution in [0.1, 0.15) is 18.4 Å². The van der Waals surface area contributed by atoms with E-state index in [4.69, 9.17) is 0 Å². The van der Waals surface area contributed by atoms with Gasteiger partial charge >= 0.3 is 0 Å². The molecule has 0 radical (unpaired) electrons. The number of sulfonamides is 1. The van der Waals surface area contributed by atoms with E-state index in [0.29, 0.717) is 12.0 Å². The van der Waals surface area contributed by atoms with Gasteiger partial charge in [0.25, 0.3) is 0 Å². The van der Waals surface area contributed by atoms with Crippen molar-refractivity contribution in [2.45, 2.75) is 24.7 Å². The minimum atomic E-state index is -3.64. The van der Waals surface area contributed by atoms with E-state index in [1.54, 1.807) is 13.0 Å². The highest BCUT2D eigenvalue weighted by molar-refractivity contribution is 7.89. The average Bonchev–Trinajstić information content (AvgIpc) is 2.41. The van der Waals surface area contributed by atoms with E-state index in [9.17, 15) is 18.3 Å². The molecule has 0 saturated heterocycles. The van der Waals surface area contributed by atoms with Crippen molar-refractivity contribution < 1.29 is 18.3 Å². The van der Waals surface area contributed by atoms with Crippen molar-refractivity contribution in [2.24, 2.45) is 0 Å². The Morgan fingerprint density at radius 2 is 2.05 bits per heavy atom. The van der Waals surface area contributed by atoms with Gasteiger partial charge in [-0.15, -0.1) is 0 Å². The predicted molar refractivity (Wildman–Crippen MR) is 76.0 cm³/mol. The molecule has 7 heteroatoms. The standard InChI is InChI=1S/C13H20N2O4S/c1-10-6-7-11(9-12(10)16)20(18,19)15(3)8-4-5-13(17)14-2/h6-7,9,16H,4-5,8H2,1-3H3,(H,14,17). The van der Waals surface area contributed by atoms with Gasteiger partial charge in [-0.05, 0) is 25.0 Å². The molecule has 1 aromatic rings. The number of benzene rings is 1. The number of phenols is 1. The summed E-state index contributed by atoms with van der Waals surface area (Å²) in [5, 5.41) is 12.1. The van der Waals surface area contributed by atoms with Crippen LogP contribution in [-0.4, -0.2) is 44.4 Å². The number of aromatic hydroxyl groups is 1. The van der Waals surface area contributed by atoms with E-state index in [1.165, 1.54) is 30.5 Å². The van der Waals surface area contributed by atoms with Crippen LogP contribution in [0.15, 0.2) is 23.1 Å². The summed E-state index contributed by atoms with van der Waals surface area (Å²) in [6, 6.07) is 4.25. The van der Waals surface area contributed by atoms with Crippen LogP contribution in [-0.2, 0) is 14.8 Å². The Kier molecular flexibility index (Phi) is 5.52. The number of aryl methyl sites for hydroxylation is 1. The van der Waals surface area contributed by atoms with Gasteiger partial charge in [-0.25, -0.2) is 12.7 Å². The zero-order chi connectivity index (χ0) is 15.3. The molecule has 0 bridgehead atoms. The van der Waals surface area contributed by atoms with Gasteiger partial charge in [-0.1, -0.05) is 6.07 Å². The number of hydrogen-bond acceptors (Lipinski definition) is 4. The van der Waals surface area contributed by atoms with Crippen molar-refractivity contribution in [2.75, 3.05) is 20.6 Å². The number of nitrogens with zero attached hydrogens (tertiary/aromatic N) is 1. The summed E-state index contributed by atoms with van der Waals surface area (Å²) in [4.78, 5) is 11.1. The lowest BCUT2D eigenvalue weighted by atomic mass is 10.2. The van der Waals surface area contributed by atoms with Crippen molar-refractivity contribution in [3.63, 3.8) is 0 Å². The molecule has 1 rings (SSSR count). The summed E-state index contributed by atoms with van der Waals surface area (Å²) < 4.78 is 25.7. The summed E-state index contributed by atoms with van der Waals surface area (Å²) in [7, 11) is -0.647. The first-order valence-electron chi connectivity index (χ1n) is 6.25. The molecule has 0 aliphatic heterocycles. The maximum atomic E-state index is 12.3. The van der Waals surface area contributed by atoms with Crippen molar-refractivity contribution in [3.8, 4) is 5.75 Å². The fourth-order valence-electron chi connectivity index (χ4n) is 1.64. The molecule has 0 atom stereocenters. The molecule has 0 fully saturated rings. The maximum absolute atomic E-state index is 12.3.